The van der Waals surface area contributed by atoms with Gasteiger partial charge in [-0.2, -0.15) is 0 Å². The van der Waals surface area contributed by atoms with Gasteiger partial charge in [0.05, 0.1) is 0 Å². The van der Waals surface area contributed by atoms with Crippen LogP contribution in [0.1, 0.15) is 0 Å². The Bertz CT molecular complexity index is 3410. The Morgan fingerprint density at radius 1 is 0.167 bits per heavy atom. The van der Waals surface area contributed by atoms with Gasteiger partial charge in [-0.25, -0.2) is 15.0 Å². The zero-order chi connectivity index (χ0) is 44.1. The molecule has 11 rings (SSSR count). The van der Waals surface area contributed by atoms with E-state index in [1.807, 2.05) is 12.1 Å². The zero-order valence-electron chi connectivity index (χ0n) is 36.2. The lowest BCUT2D eigenvalue weighted by molar-refractivity contribution is 1.07. The van der Waals surface area contributed by atoms with E-state index in [1.165, 1.54) is 27.8 Å². The molecule has 0 spiro atoms. The largest absolute Gasteiger partial charge is 0.208 e. The van der Waals surface area contributed by atoms with E-state index in [9.17, 15) is 0 Å². The molecule has 0 unspecified atom stereocenters. The molecule has 3 nitrogen and oxygen atoms in total. The molecule has 66 heavy (non-hydrogen) atoms. The lowest BCUT2D eigenvalue weighted by atomic mass is 9.79. The van der Waals surface area contributed by atoms with Crippen LogP contribution in [-0.4, -0.2) is 15.0 Å². The van der Waals surface area contributed by atoms with Crippen LogP contribution in [-0.2, 0) is 0 Å². The summed E-state index contributed by atoms with van der Waals surface area (Å²) in [6.45, 7) is 0. The van der Waals surface area contributed by atoms with Crippen molar-refractivity contribution in [1.82, 2.24) is 15.0 Å². The summed E-state index contributed by atoms with van der Waals surface area (Å²) < 4.78 is 0. The van der Waals surface area contributed by atoms with Crippen molar-refractivity contribution in [2.24, 2.45) is 0 Å². The van der Waals surface area contributed by atoms with Crippen LogP contribution in [0.5, 0.6) is 0 Å². The molecule has 310 valence electrons. The first-order valence-electron chi connectivity index (χ1n) is 22.4. The lowest BCUT2D eigenvalue weighted by Gasteiger charge is -2.24. The summed E-state index contributed by atoms with van der Waals surface area (Å²) in [4.78, 5) is 15.7. The van der Waals surface area contributed by atoms with E-state index < -0.39 is 0 Å². The van der Waals surface area contributed by atoms with E-state index in [1.54, 1.807) is 0 Å². The van der Waals surface area contributed by atoms with Crippen LogP contribution in [0.2, 0.25) is 0 Å². The molecule has 0 saturated heterocycles. The molecule has 10 aromatic carbocycles. The second kappa shape index (κ2) is 18.1. The van der Waals surface area contributed by atoms with E-state index in [-0.39, 0.29) is 0 Å². The molecule has 0 fully saturated rings. The van der Waals surface area contributed by atoms with Crippen LogP contribution in [0.4, 0.5) is 0 Å². The topological polar surface area (TPSA) is 38.7 Å². The average molecular weight is 842 g/mol. The molecule has 0 saturated carbocycles. The third-order valence-electron chi connectivity index (χ3n) is 12.2. The van der Waals surface area contributed by atoms with Crippen LogP contribution in [0.3, 0.4) is 0 Å². The van der Waals surface area contributed by atoms with Crippen molar-refractivity contribution in [3.63, 3.8) is 0 Å². The molecule has 0 radical (unpaired) electrons. The molecule has 0 amide bonds. The summed E-state index contributed by atoms with van der Waals surface area (Å²) in [7, 11) is 0. The van der Waals surface area contributed by atoms with Crippen LogP contribution >= 0.6 is 0 Å². The van der Waals surface area contributed by atoms with Crippen molar-refractivity contribution in [3.8, 4) is 112 Å². The van der Waals surface area contributed by atoms with Crippen molar-refractivity contribution < 1.29 is 0 Å². The smallest absolute Gasteiger partial charge is 0.164 e. The molecule has 0 atom stereocenters. The number of nitrogens with zero attached hydrogens (tertiary/aromatic N) is 3. The molecule has 0 N–H and O–H groups in total. The van der Waals surface area contributed by atoms with E-state index in [0.717, 1.165) is 66.8 Å². The normalized spacial score (nSPS) is 11.0. The van der Waals surface area contributed by atoms with Crippen LogP contribution in [0.15, 0.2) is 261 Å². The first-order chi connectivity index (χ1) is 32.7. The van der Waals surface area contributed by atoms with Gasteiger partial charge in [-0.05, 0) is 90.0 Å². The quantitative estimate of drug-likeness (QED) is 0.138. The summed E-state index contributed by atoms with van der Waals surface area (Å²) in [6, 6.07) is 92.0. The molecule has 1 heterocycles. The first kappa shape index (κ1) is 40.0. The molecule has 0 aliphatic carbocycles. The summed E-state index contributed by atoms with van der Waals surface area (Å²) in [5.74, 6) is 1.83. The van der Waals surface area contributed by atoms with Crippen molar-refractivity contribution >= 4 is 0 Å². The summed E-state index contributed by atoms with van der Waals surface area (Å²) in [6.07, 6.45) is 0. The Labute approximate surface area is 386 Å². The maximum Gasteiger partial charge on any atom is 0.164 e. The maximum absolute atomic E-state index is 5.26. The van der Waals surface area contributed by atoms with Crippen LogP contribution < -0.4 is 0 Å². The fraction of sp³-hybridized carbons (Fsp3) is 0. The van der Waals surface area contributed by atoms with Gasteiger partial charge in [-0.1, -0.05) is 249 Å². The lowest BCUT2D eigenvalue weighted by Crippen LogP contribution is -2.01. The summed E-state index contributed by atoms with van der Waals surface area (Å²) >= 11 is 0. The highest BCUT2D eigenvalue weighted by molar-refractivity contribution is 6.07. The highest BCUT2D eigenvalue weighted by Gasteiger charge is 2.24. The SMILES string of the molecule is c1ccc(-c2cccc(-c3nc(-c4ccc(-c5cc(-c6ccccc6)c(-c6ccccc6)c(-c6ccccc6)c5-c5ccccc5)cc4)nc(-c4ccccc4-c4ccccc4)n3)c2)cc1. The standard InChI is InChI=1S/C63H43N3/c1-7-22-44(23-8-1)52-34-21-35-53(42-52)62-64-61(65-63(66-62)55-37-20-19-36-54(55)45-24-9-2-10-25-45)51-40-38-47(39-41-51)57-43-56(46-26-11-3-12-27-46)58(48-28-13-4-14-29-48)60(50-32-17-6-18-33-50)59(57)49-30-15-5-16-31-49/h1-43H. The summed E-state index contributed by atoms with van der Waals surface area (Å²) in [5, 5.41) is 0. The van der Waals surface area contributed by atoms with Crippen molar-refractivity contribution in [1.29, 1.82) is 0 Å². The van der Waals surface area contributed by atoms with Crippen LogP contribution in [0, 0.1) is 0 Å². The van der Waals surface area contributed by atoms with Gasteiger partial charge in [-0.3, -0.25) is 0 Å². The Morgan fingerprint density at radius 2 is 0.500 bits per heavy atom. The van der Waals surface area contributed by atoms with Gasteiger partial charge in [0.15, 0.2) is 17.5 Å². The van der Waals surface area contributed by atoms with Gasteiger partial charge in [0.1, 0.15) is 0 Å². The van der Waals surface area contributed by atoms with E-state index in [4.69, 9.17) is 15.0 Å². The first-order valence-corrected chi connectivity index (χ1v) is 22.4. The predicted molar refractivity (Wildman–Crippen MR) is 274 cm³/mol. The molecular weight excluding hydrogens is 799 g/mol. The van der Waals surface area contributed by atoms with E-state index >= 15 is 0 Å². The average Bonchev–Trinajstić information content (AvgIpc) is 3.41. The van der Waals surface area contributed by atoms with Crippen molar-refractivity contribution in [3.05, 3.63) is 261 Å². The van der Waals surface area contributed by atoms with Crippen molar-refractivity contribution in [2.75, 3.05) is 0 Å². The molecule has 0 bridgehead atoms. The Kier molecular flexibility index (Phi) is 11.0. The number of benzene rings is 10. The van der Waals surface area contributed by atoms with Gasteiger partial charge < -0.3 is 0 Å². The highest BCUT2D eigenvalue weighted by atomic mass is 15.0. The predicted octanol–water partition coefficient (Wildman–Crippen LogP) is 16.5. The number of aromatic nitrogens is 3. The van der Waals surface area contributed by atoms with Gasteiger partial charge in [0, 0.05) is 16.7 Å². The van der Waals surface area contributed by atoms with Crippen molar-refractivity contribution in [2.45, 2.75) is 0 Å². The summed E-state index contributed by atoms with van der Waals surface area (Å²) in [5.41, 5.74) is 18.7. The minimum absolute atomic E-state index is 0.604. The number of hydrogen-bond acceptors (Lipinski definition) is 3. The molecule has 11 aromatic rings. The highest BCUT2D eigenvalue weighted by Crippen LogP contribution is 2.50. The minimum Gasteiger partial charge on any atom is -0.208 e. The zero-order valence-corrected chi connectivity index (χ0v) is 36.2. The molecule has 0 aliphatic heterocycles. The Morgan fingerprint density at radius 3 is 1.02 bits per heavy atom. The Hall–Kier alpha value is -8.79. The van der Waals surface area contributed by atoms with Gasteiger partial charge in [0.2, 0.25) is 0 Å². The molecule has 0 aliphatic rings. The second-order valence-corrected chi connectivity index (χ2v) is 16.3. The fourth-order valence-electron chi connectivity index (χ4n) is 9.03. The fourth-order valence-corrected chi connectivity index (χ4v) is 9.03. The van der Waals surface area contributed by atoms with Crippen LogP contribution in [0.25, 0.3) is 112 Å². The number of hydrogen-bond donors (Lipinski definition) is 0. The minimum atomic E-state index is 0.604. The third-order valence-corrected chi connectivity index (χ3v) is 12.2. The second-order valence-electron chi connectivity index (χ2n) is 16.3. The van der Waals surface area contributed by atoms with E-state index in [0.29, 0.717) is 17.5 Å². The molecule has 3 heteroatoms. The monoisotopic (exact) mass is 841 g/mol. The maximum atomic E-state index is 5.26. The van der Waals surface area contributed by atoms with Gasteiger partial charge in [0.25, 0.3) is 0 Å². The molecular formula is C63H43N3. The Balaban J connectivity index is 1.12. The number of rotatable bonds is 10. The third kappa shape index (κ3) is 8.02. The molecule has 1 aromatic heterocycles. The van der Waals surface area contributed by atoms with E-state index in [2.05, 4.69) is 249 Å². The van der Waals surface area contributed by atoms with Gasteiger partial charge >= 0.3 is 0 Å². The van der Waals surface area contributed by atoms with Gasteiger partial charge in [-0.15, -0.1) is 0 Å².